The molecule has 2 N–H and O–H groups in total. The van der Waals surface area contributed by atoms with E-state index in [0.29, 0.717) is 0 Å². The zero-order valence-corrected chi connectivity index (χ0v) is 6.20. The van der Waals surface area contributed by atoms with Crippen molar-refractivity contribution in [2.75, 3.05) is 11.6 Å². The molecule has 2 heteroatoms. The largest absolute Gasteiger partial charge is 0.307 e. The van der Waals surface area contributed by atoms with E-state index in [2.05, 4.69) is 18.2 Å². The third kappa shape index (κ3) is 1.01. The highest BCUT2D eigenvalue weighted by Gasteiger charge is 2.06. The van der Waals surface area contributed by atoms with Crippen LogP contribution in [0, 0.1) is 0 Å². The predicted molar refractivity (Wildman–Crippen MR) is 47.0 cm³/mol. The third-order valence-corrected chi connectivity index (χ3v) is 1.85. The zero-order valence-electron chi connectivity index (χ0n) is 6.20. The Hall–Kier alpha value is -1.28. The molecule has 0 unspecified atom stereocenters. The van der Waals surface area contributed by atoms with E-state index in [9.17, 15) is 0 Å². The summed E-state index contributed by atoms with van der Waals surface area (Å²) >= 11 is 0. The van der Waals surface area contributed by atoms with E-state index in [1.54, 1.807) is 5.01 Å². The molecule has 0 saturated heterocycles. The van der Waals surface area contributed by atoms with Crippen molar-refractivity contribution in [3.05, 3.63) is 35.9 Å². The second-order valence-electron chi connectivity index (χ2n) is 2.61. The second-order valence-corrected chi connectivity index (χ2v) is 2.61. The number of rotatable bonds is 0. The third-order valence-electron chi connectivity index (χ3n) is 1.85. The normalized spacial score (nSPS) is 14.8. The molecular formula is C9H10N2. The molecule has 1 aliphatic rings. The van der Waals surface area contributed by atoms with Crippen LogP contribution in [0.3, 0.4) is 0 Å². The molecule has 0 spiro atoms. The molecule has 0 radical (unpaired) electrons. The van der Waals surface area contributed by atoms with Gasteiger partial charge in [0.25, 0.3) is 0 Å². The minimum Gasteiger partial charge on any atom is -0.307 e. The number of hydrazine groups is 1. The molecule has 0 aliphatic carbocycles. The smallest absolute Gasteiger partial charge is 0.0593 e. The van der Waals surface area contributed by atoms with E-state index in [4.69, 9.17) is 5.84 Å². The van der Waals surface area contributed by atoms with Crippen molar-refractivity contribution >= 4 is 11.8 Å². The first-order valence-electron chi connectivity index (χ1n) is 3.66. The number of hydrogen-bond donors (Lipinski definition) is 1. The number of para-hydroxylation sites is 1. The summed E-state index contributed by atoms with van der Waals surface area (Å²) in [7, 11) is 0. The maximum absolute atomic E-state index is 5.73. The van der Waals surface area contributed by atoms with Crippen molar-refractivity contribution in [3.8, 4) is 0 Å². The summed E-state index contributed by atoms with van der Waals surface area (Å²) in [6.45, 7) is 0.803. The average molecular weight is 146 g/mol. The van der Waals surface area contributed by atoms with Gasteiger partial charge in [-0.2, -0.15) is 0 Å². The zero-order chi connectivity index (χ0) is 7.68. The molecule has 1 aromatic carbocycles. The quantitative estimate of drug-likeness (QED) is 0.560. The van der Waals surface area contributed by atoms with Gasteiger partial charge in [0.1, 0.15) is 0 Å². The Morgan fingerprint density at radius 2 is 2.09 bits per heavy atom. The summed E-state index contributed by atoms with van der Waals surface area (Å²) < 4.78 is 0. The Bertz CT molecular complexity index is 291. The summed E-state index contributed by atoms with van der Waals surface area (Å²) in [5.74, 6) is 5.73. The summed E-state index contributed by atoms with van der Waals surface area (Å²) in [6.07, 6.45) is 4.15. The van der Waals surface area contributed by atoms with E-state index in [0.717, 1.165) is 12.2 Å². The highest BCUT2D eigenvalue weighted by molar-refractivity contribution is 5.70. The van der Waals surface area contributed by atoms with Crippen LogP contribution in [0.15, 0.2) is 30.3 Å². The Kier molecular flexibility index (Phi) is 1.40. The van der Waals surface area contributed by atoms with Crippen LogP contribution < -0.4 is 10.9 Å². The van der Waals surface area contributed by atoms with Gasteiger partial charge in [-0.3, -0.25) is 0 Å². The molecule has 11 heavy (non-hydrogen) atoms. The molecule has 0 fully saturated rings. The fraction of sp³-hybridized carbons (Fsp3) is 0.111. The maximum atomic E-state index is 5.73. The number of anilines is 1. The minimum absolute atomic E-state index is 0.803. The summed E-state index contributed by atoms with van der Waals surface area (Å²) in [5, 5.41) is 1.75. The van der Waals surface area contributed by atoms with Crippen LogP contribution in [0.2, 0.25) is 0 Å². The van der Waals surface area contributed by atoms with Gasteiger partial charge in [0.2, 0.25) is 0 Å². The lowest BCUT2D eigenvalue weighted by Crippen LogP contribution is -2.32. The van der Waals surface area contributed by atoms with Gasteiger partial charge in [0, 0.05) is 0 Å². The first-order chi connectivity index (χ1) is 5.38. The lowest BCUT2D eigenvalue weighted by molar-refractivity contribution is 0.931. The van der Waals surface area contributed by atoms with E-state index < -0.39 is 0 Å². The van der Waals surface area contributed by atoms with Gasteiger partial charge in [0.05, 0.1) is 12.2 Å². The van der Waals surface area contributed by atoms with Gasteiger partial charge in [-0.1, -0.05) is 30.4 Å². The molecule has 0 aromatic heterocycles. The lowest BCUT2D eigenvalue weighted by atomic mass is 10.1. The van der Waals surface area contributed by atoms with Gasteiger partial charge < -0.3 is 5.01 Å². The standard InChI is InChI=1S/C9H10N2/c10-11-7-3-5-8-4-1-2-6-9(8)11/h1-6H,7,10H2. The summed E-state index contributed by atoms with van der Waals surface area (Å²) in [6, 6.07) is 8.10. The molecular weight excluding hydrogens is 136 g/mol. The molecule has 2 nitrogen and oxygen atoms in total. The number of hydrogen-bond acceptors (Lipinski definition) is 2. The van der Waals surface area contributed by atoms with Crippen LogP contribution in [0.25, 0.3) is 6.08 Å². The molecule has 1 aliphatic heterocycles. The van der Waals surface area contributed by atoms with Crippen LogP contribution in [0.1, 0.15) is 5.56 Å². The van der Waals surface area contributed by atoms with Gasteiger partial charge in [-0.05, 0) is 11.6 Å². The van der Waals surface area contributed by atoms with E-state index >= 15 is 0 Å². The summed E-state index contributed by atoms with van der Waals surface area (Å²) in [5.41, 5.74) is 2.30. The first kappa shape index (κ1) is 6.43. The number of fused-ring (bicyclic) bond motifs is 1. The Morgan fingerprint density at radius 3 is 2.91 bits per heavy atom. The fourth-order valence-electron chi connectivity index (χ4n) is 1.28. The highest BCUT2D eigenvalue weighted by atomic mass is 15.4. The lowest BCUT2D eigenvalue weighted by Gasteiger charge is -2.22. The molecule has 56 valence electrons. The molecule has 0 bridgehead atoms. The van der Waals surface area contributed by atoms with Crippen LogP contribution in [-0.4, -0.2) is 6.54 Å². The number of benzene rings is 1. The van der Waals surface area contributed by atoms with Crippen molar-refractivity contribution in [2.45, 2.75) is 0 Å². The Morgan fingerprint density at radius 1 is 1.27 bits per heavy atom. The van der Waals surface area contributed by atoms with Gasteiger partial charge >= 0.3 is 0 Å². The molecule has 0 atom stereocenters. The molecule has 0 amide bonds. The monoisotopic (exact) mass is 146 g/mol. The fourth-order valence-corrected chi connectivity index (χ4v) is 1.28. The Labute approximate surface area is 65.9 Å². The van der Waals surface area contributed by atoms with Gasteiger partial charge in [-0.15, -0.1) is 0 Å². The number of nitrogens with two attached hydrogens (primary N) is 1. The van der Waals surface area contributed by atoms with Crippen LogP contribution >= 0.6 is 0 Å². The van der Waals surface area contributed by atoms with E-state index in [1.807, 2.05) is 18.2 Å². The second kappa shape index (κ2) is 2.40. The van der Waals surface area contributed by atoms with Crippen LogP contribution in [0.5, 0.6) is 0 Å². The van der Waals surface area contributed by atoms with E-state index in [1.165, 1.54) is 5.56 Å². The maximum Gasteiger partial charge on any atom is 0.0593 e. The van der Waals surface area contributed by atoms with Crippen molar-refractivity contribution in [3.63, 3.8) is 0 Å². The minimum atomic E-state index is 0.803. The highest BCUT2D eigenvalue weighted by Crippen LogP contribution is 2.22. The van der Waals surface area contributed by atoms with Crippen molar-refractivity contribution in [1.82, 2.24) is 0 Å². The van der Waals surface area contributed by atoms with Gasteiger partial charge in [0.15, 0.2) is 0 Å². The van der Waals surface area contributed by atoms with E-state index in [-0.39, 0.29) is 0 Å². The van der Waals surface area contributed by atoms with Crippen molar-refractivity contribution < 1.29 is 0 Å². The van der Waals surface area contributed by atoms with Crippen LogP contribution in [-0.2, 0) is 0 Å². The number of nitrogens with zero attached hydrogens (tertiary/aromatic N) is 1. The molecule has 1 heterocycles. The average Bonchev–Trinajstić information content (AvgIpc) is 2.06. The summed E-state index contributed by atoms with van der Waals surface area (Å²) in [4.78, 5) is 0. The van der Waals surface area contributed by atoms with Crippen molar-refractivity contribution in [2.24, 2.45) is 5.84 Å². The van der Waals surface area contributed by atoms with Gasteiger partial charge in [-0.25, -0.2) is 5.84 Å². The van der Waals surface area contributed by atoms with Crippen molar-refractivity contribution in [1.29, 1.82) is 0 Å². The Balaban J connectivity index is 2.54. The first-order valence-corrected chi connectivity index (χ1v) is 3.66. The molecule has 0 saturated carbocycles. The topological polar surface area (TPSA) is 29.3 Å². The predicted octanol–water partition coefficient (Wildman–Crippen LogP) is 1.39. The van der Waals surface area contributed by atoms with Crippen LogP contribution in [0.4, 0.5) is 5.69 Å². The SMILES string of the molecule is NN1CC=Cc2ccccc21. The molecule has 2 rings (SSSR count). The molecule has 1 aromatic rings.